The van der Waals surface area contributed by atoms with Crippen LogP contribution in [0.15, 0.2) is 17.0 Å². The van der Waals surface area contributed by atoms with Crippen LogP contribution in [0, 0.1) is 11.6 Å². The predicted molar refractivity (Wildman–Crippen MR) is 67.0 cm³/mol. The normalized spacial score (nSPS) is 18.7. The number of benzene rings is 1. The number of nitrogen functional groups attached to an aromatic ring is 1. The first-order valence-electron chi connectivity index (χ1n) is 5.75. The standard InChI is InChI=1S/C11H15F2N3O2S/c1-15-2-4-16(5-3-15)19(17,18)11-9(12)6-8(14)7-10(11)13/h6-7H,2-5,14H2,1H3. The Labute approximate surface area is 110 Å². The molecule has 1 saturated heterocycles. The van der Waals surface area contributed by atoms with Gasteiger partial charge in [0.15, 0.2) is 4.90 Å². The molecule has 0 saturated carbocycles. The lowest BCUT2D eigenvalue weighted by atomic mass is 10.3. The summed E-state index contributed by atoms with van der Waals surface area (Å²) >= 11 is 0. The van der Waals surface area contributed by atoms with Crippen LogP contribution in [0.5, 0.6) is 0 Å². The zero-order valence-corrected chi connectivity index (χ0v) is 11.3. The van der Waals surface area contributed by atoms with Gasteiger partial charge in [-0.1, -0.05) is 0 Å². The van der Waals surface area contributed by atoms with Gasteiger partial charge >= 0.3 is 0 Å². The summed E-state index contributed by atoms with van der Waals surface area (Å²) < 4.78 is 53.0. The van der Waals surface area contributed by atoms with E-state index in [-0.39, 0.29) is 18.8 Å². The quantitative estimate of drug-likeness (QED) is 0.805. The molecule has 1 aliphatic heterocycles. The molecule has 0 radical (unpaired) electrons. The second kappa shape index (κ2) is 5.03. The molecule has 0 amide bonds. The highest BCUT2D eigenvalue weighted by atomic mass is 32.2. The summed E-state index contributed by atoms with van der Waals surface area (Å²) in [7, 11) is -2.31. The third kappa shape index (κ3) is 2.70. The average Bonchev–Trinajstić information content (AvgIpc) is 2.27. The van der Waals surface area contributed by atoms with Crippen molar-refractivity contribution >= 4 is 15.7 Å². The van der Waals surface area contributed by atoms with Crippen molar-refractivity contribution < 1.29 is 17.2 Å². The highest BCUT2D eigenvalue weighted by molar-refractivity contribution is 7.89. The van der Waals surface area contributed by atoms with Gasteiger partial charge in [0, 0.05) is 31.9 Å². The summed E-state index contributed by atoms with van der Waals surface area (Å²) in [4.78, 5) is 1.02. The van der Waals surface area contributed by atoms with Crippen LogP contribution in [0.2, 0.25) is 0 Å². The molecule has 2 rings (SSSR count). The maximum absolute atomic E-state index is 13.7. The maximum atomic E-state index is 13.7. The molecule has 19 heavy (non-hydrogen) atoms. The van der Waals surface area contributed by atoms with Gasteiger partial charge < -0.3 is 10.6 Å². The van der Waals surface area contributed by atoms with Crippen LogP contribution >= 0.6 is 0 Å². The molecule has 5 nitrogen and oxygen atoms in total. The molecule has 1 aromatic rings. The Morgan fingerprint density at radius 2 is 1.58 bits per heavy atom. The SMILES string of the molecule is CN1CCN(S(=O)(=O)c2c(F)cc(N)cc2F)CC1. The van der Waals surface area contributed by atoms with Gasteiger partial charge in [0.2, 0.25) is 10.0 Å². The minimum atomic E-state index is -4.16. The van der Waals surface area contributed by atoms with Gasteiger partial charge in [-0.2, -0.15) is 4.31 Å². The molecule has 1 aromatic carbocycles. The number of hydrogen-bond donors (Lipinski definition) is 1. The van der Waals surface area contributed by atoms with Crippen molar-refractivity contribution in [2.24, 2.45) is 0 Å². The van der Waals surface area contributed by atoms with E-state index in [9.17, 15) is 17.2 Å². The van der Waals surface area contributed by atoms with E-state index in [0.717, 1.165) is 16.4 Å². The van der Waals surface area contributed by atoms with Crippen molar-refractivity contribution in [2.45, 2.75) is 4.90 Å². The minimum absolute atomic E-state index is 0.146. The number of rotatable bonds is 2. The van der Waals surface area contributed by atoms with Crippen LogP contribution in [-0.2, 0) is 10.0 Å². The summed E-state index contributed by atoms with van der Waals surface area (Å²) in [5.41, 5.74) is 5.13. The first-order chi connectivity index (χ1) is 8.82. The number of likely N-dealkylation sites (N-methyl/N-ethyl adjacent to an activating group) is 1. The Balaban J connectivity index is 2.40. The first kappa shape index (κ1) is 14.2. The van der Waals surface area contributed by atoms with E-state index in [1.54, 1.807) is 0 Å². The zero-order valence-electron chi connectivity index (χ0n) is 10.4. The summed E-state index contributed by atoms with van der Waals surface area (Å²) in [5, 5.41) is 0. The smallest absolute Gasteiger partial charge is 0.249 e. The van der Waals surface area contributed by atoms with Crippen molar-refractivity contribution in [3.63, 3.8) is 0 Å². The van der Waals surface area contributed by atoms with Crippen molar-refractivity contribution in [1.29, 1.82) is 0 Å². The van der Waals surface area contributed by atoms with Crippen LogP contribution in [0.3, 0.4) is 0 Å². The number of sulfonamides is 1. The Hall–Kier alpha value is -1.25. The van der Waals surface area contributed by atoms with E-state index in [1.807, 2.05) is 11.9 Å². The van der Waals surface area contributed by atoms with Gasteiger partial charge in [-0.15, -0.1) is 0 Å². The largest absolute Gasteiger partial charge is 0.399 e. The Morgan fingerprint density at radius 3 is 2.05 bits per heavy atom. The minimum Gasteiger partial charge on any atom is -0.399 e. The molecule has 0 aliphatic carbocycles. The molecular weight excluding hydrogens is 276 g/mol. The zero-order chi connectivity index (χ0) is 14.2. The number of nitrogens with zero attached hydrogens (tertiary/aromatic N) is 2. The fourth-order valence-electron chi connectivity index (χ4n) is 1.98. The van der Waals surface area contributed by atoms with E-state index in [1.165, 1.54) is 0 Å². The van der Waals surface area contributed by atoms with Crippen LogP contribution in [0.4, 0.5) is 14.5 Å². The molecule has 1 fully saturated rings. The second-order valence-corrected chi connectivity index (χ2v) is 6.40. The summed E-state index contributed by atoms with van der Waals surface area (Å²) in [6.45, 7) is 1.47. The van der Waals surface area contributed by atoms with Crippen molar-refractivity contribution in [2.75, 3.05) is 39.0 Å². The van der Waals surface area contributed by atoms with Crippen LogP contribution in [-0.4, -0.2) is 50.8 Å². The average molecular weight is 291 g/mol. The highest BCUT2D eigenvalue weighted by Crippen LogP contribution is 2.25. The molecule has 1 heterocycles. The van der Waals surface area contributed by atoms with E-state index < -0.39 is 26.6 Å². The molecule has 0 atom stereocenters. The lowest BCUT2D eigenvalue weighted by Gasteiger charge is -2.31. The number of anilines is 1. The molecule has 0 aromatic heterocycles. The number of piperazine rings is 1. The van der Waals surface area contributed by atoms with Gasteiger partial charge in [0.05, 0.1) is 0 Å². The molecule has 8 heteroatoms. The molecule has 1 aliphatic rings. The lowest BCUT2D eigenvalue weighted by Crippen LogP contribution is -2.47. The third-order valence-electron chi connectivity index (χ3n) is 3.08. The first-order valence-corrected chi connectivity index (χ1v) is 7.19. The second-order valence-electron chi connectivity index (χ2n) is 4.52. The fraction of sp³-hybridized carbons (Fsp3) is 0.455. The number of halogens is 2. The van der Waals surface area contributed by atoms with Crippen LogP contribution < -0.4 is 5.73 Å². The lowest BCUT2D eigenvalue weighted by molar-refractivity contribution is 0.221. The molecule has 2 N–H and O–H groups in total. The number of nitrogens with two attached hydrogens (primary N) is 1. The maximum Gasteiger partial charge on any atom is 0.249 e. The molecule has 106 valence electrons. The van der Waals surface area contributed by atoms with E-state index >= 15 is 0 Å². The third-order valence-corrected chi connectivity index (χ3v) is 5.03. The summed E-state index contributed by atoms with van der Waals surface area (Å²) in [6, 6.07) is 1.62. The van der Waals surface area contributed by atoms with Gasteiger partial charge in [-0.25, -0.2) is 17.2 Å². The summed E-state index contributed by atoms with van der Waals surface area (Å²) in [6.07, 6.45) is 0. The van der Waals surface area contributed by atoms with Gasteiger partial charge in [0.25, 0.3) is 0 Å². The van der Waals surface area contributed by atoms with Gasteiger partial charge in [-0.3, -0.25) is 0 Å². The van der Waals surface area contributed by atoms with Crippen molar-refractivity contribution in [3.05, 3.63) is 23.8 Å². The monoisotopic (exact) mass is 291 g/mol. The van der Waals surface area contributed by atoms with Gasteiger partial charge in [0.1, 0.15) is 11.6 Å². The topological polar surface area (TPSA) is 66.6 Å². The van der Waals surface area contributed by atoms with Crippen molar-refractivity contribution in [1.82, 2.24) is 9.21 Å². The Kier molecular flexibility index (Phi) is 3.75. The van der Waals surface area contributed by atoms with Crippen LogP contribution in [0.25, 0.3) is 0 Å². The van der Waals surface area contributed by atoms with Gasteiger partial charge in [-0.05, 0) is 19.2 Å². The highest BCUT2D eigenvalue weighted by Gasteiger charge is 2.32. The van der Waals surface area contributed by atoms with Crippen LogP contribution in [0.1, 0.15) is 0 Å². The Bertz CT molecular complexity index is 561. The van der Waals surface area contributed by atoms with E-state index in [0.29, 0.717) is 13.1 Å². The van der Waals surface area contributed by atoms with E-state index in [4.69, 9.17) is 5.73 Å². The molecule has 0 bridgehead atoms. The Morgan fingerprint density at radius 1 is 1.11 bits per heavy atom. The number of hydrogen-bond acceptors (Lipinski definition) is 4. The fourth-order valence-corrected chi connectivity index (χ4v) is 3.50. The molecule has 0 unspecified atom stereocenters. The molecular formula is C11H15F2N3O2S. The van der Waals surface area contributed by atoms with E-state index in [2.05, 4.69) is 0 Å². The molecule has 0 spiro atoms. The predicted octanol–water partition coefficient (Wildman–Crippen LogP) is 0.483. The summed E-state index contributed by atoms with van der Waals surface area (Å²) in [5.74, 6) is -2.31. The van der Waals surface area contributed by atoms with Crippen molar-refractivity contribution in [3.8, 4) is 0 Å².